The van der Waals surface area contributed by atoms with Crippen LogP contribution < -0.4 is 9.47 Å². The summed E-state index contributed by atoms with van der Waals surface area (Å²) in [5.74, 6) is 1.73. The molecule has 0 spiro atoms. The Hall–Kier alpha value is -2.73. The maximum Gasteiger partial charge on any atom is 0.303 e. The first-order valence-corrected chi connectivity index (χ1v) is 12.1. The Morgan fingerprint density at radius 2 is 1.70 bits per heavy atom. The van der Waals surface area contributed by atoms with Gasteiger partial charge in [-0.25, -0.2) is 4.98 Å². The summed E-state index contributed by atoms with van der Waals surface area (Å²) in [5.41, 5.74) is 2.92. The van der Waals surface area contributed by atoms with Gasteiger partial charge >= 0.3 is 5.97 Å². The smallest absolute Gasteiger partial charge is 0.303 e. The predicted molar refractivity (Wildman–Crippen MR) is 132 cm³/mol. The van der Waals surface area contributed by atoms with Crippen molar-refractivity contribution < 1.29 is 19.4 Å². The third-order valence-corrected chi connectivity index (χ3v) is 5.94. The van der Waals surface area contributed by atoms with Crippen molar-refractivity contribution in [2.24, 2.45) is 0 Å². The number of carbonyl (C=O) groups is 1. The molecule has 2 aromatic carbocycles. The normalized spacial score (nSPS) is 11.1. The molecule has 0 atom stereocenters. The summed E-state index contributed by atoms with van der Waals surface area (Å²) in [7, 11) is 0. The number of benzene rings is 2. The fraction of sp³-hybridized carbons (Fsp3) is 0.462. The van der Waals surface area contributed by atoms with Crippen LogP contribution in [-0.2, 0) is 11.3 Å². The molecule has 0 fully saturated rings. The largest absolute Gasteiger partial charge is 0.494 e. The summed E-state index contributed by atoms with van der Waals surface area (Å²) in [6, 6.07) is 11.8. The topological polar surface area (TPSA) is 73.6 Å². The monoisotopic (exact) mass is 472 g/mol. The molecule has 3 aromatic rings. The van der Waals surface area contributed by atoms with Gasteiger partial charge in [-0.1, -0.05) is 37.4 Å². The zero-order chi connectivity index (χ0) is 23.6. The number of nitrogens with zero attached hydrogens (tertiary/aromatic N) is 2. The van der Waals surface area contributed by atoms with E-state index < -0.39 is 5.97 Å². The molecule has 0 aliphatic heterocycles. The van der Waals surface area contributed by atoms with Gasteiger partial charge in [0, 0.05) is 17.5 Å². The van der Waals surface area contributed by atoms with Gasteiger partial charge in [0.2, 0.25) is 0 Å². The van der Waals surface area contributed by atoms with Gasteiger partial charge in [0.25, 0.3) is 0 Å². The fourth-order valence-corrected chi connectivity index (χ4v) is 3.95. The number of fused-ring (bicyclic) bond motifs is 1. The quantitative estimate of drug-likeness (QED) is 0.266. The van der Waals surface area contributed by atoms with Crippen LogP contribution in [0.5, 0.6) is 11.5 Å². The van der Waals surface area contributed by atoms with Crippen molar-refractivity contribution in [2.45, 2.75) is 65.3 Å². The van der Waals surface area contributed by atoms with Crippen molar-refractivity contribution >= 4 is 28.6 Å². The van der Waals surface area contributed by atoms with Crippen LogP contribution in [0.15, 0.2) is 36.4 Å². The average Bonchev–Trinajstić information content (AvgIpc) is 3.09. The van der Waals surface area contributed by atoms with Crippen LogP contribution in [-0.4, -0.2) is 33.8 Å². The molecule has 178 valence electrons. The molecule has 0 aliphatic rings. The van der Waals surface area contributed by atoms with E-state index in [1.807, 2.05) is 43.3 Å². The van der Waals surface area contributed by atoms with Crippen molar-refractivity contribution in [1.29, 1.82) is 0 Å². The molecule has 3 rings (SSSR count). The predicted octanol–water partition coefficient (Wildman–Crippen LogP) is 6.64. The van der Waals surface area contributed by atoms with E-state index in [9.17, 15) is 4.79 Å². The van der Waals surface area contributed by atoms with Crippen LogP contribution >= 0.6 is 11.6 Å². The molecule has 1 heterocycles. The second kappa shape index (κ2) is 12.5. The minimum Gasteiger partial charge on any atom is -0.494 e. The molecule has 33 heavy (non-hydrogen) atoms. The Labute approximate surface area is 200 Å². The Morgan fingerprint density at radius 3 is 2.39 bits per heavy atom. The number of aromatic nitrogens is 2. The molecule has 7 heteroatoms. The Kier molecular flexibility index (Phi) is 9.43. The molecule has 0 radical (unpaired) electrons. The highest BCUT2D eigenvalue weighted by Gasteiger charge is 2.12. The number of hydrogen-bond acceptors (Lipinski definition) is 4. The minimum atomic E-state index is -0.750. The van der Waals surface area contributed by atoms with Gasteiger partial charge in [-0.15, -0.1) is 0 Å². The number of imidazole rings is 1. The second-order valence-electron chi connectivity index (χ2n) is 8.26. The van der Waals surface area contributed by atoms with Crippen LogP contribution in [0.2, 0.25) is 5.02 Å². The van der Waals surface area contributed by atoms with Crippen LogP contribution in [0, 0.1) is 6.92 Å². The van der Waals surface area contributed by atoms with E-state index in [4.69, 9.17) is 31.2 Å². The lowest BCUT2D eigenvalue weighted by molar-refractivity contribution is -0.137. The molecule has 1 N–H and O–H groups in total. The van der Waals surface area contributed by atoms with E-state index in [1.54, 1.807) is 0 Å². The van der Waals surface area contributed by atoms with E-state index in [2.05, 4.69) is 11.5 Å². The van der Waals surface area contributed by atoms with Gasteiger partial charge in [-0.2, -0.15) is 0 Å². The number of halogens is 1. The first-order chi connectivity index (χ1) is 16.0. The van der Waals surface area contributed by atoms with Gasteiger partial charge in [0.15, 0.2) is 0 Å². The average molecular weight is 473 g/mol. The number of ether oxygens (including phenoxy) is 2. The standard InChI is InChI=1S/C26H33ClN2O4/c1-3-4-7-14-32-21-11-10-20(23(27)16-21)18-29-19(2)28-24-17-22(12-13-25(24)29)33-15-8-5-6-9-26(30)31/h10-13,16-17H,3-9,14-15,18H2,1-2H3,(H,30,31). The van der Waals surface area contributed by atoms with E-state index in [0.717, 1.165) is 53.2 Å². The molecule has 0 aliphatic carbocycles. The Morgan fingerprint density at radius 1 is 1.00 bits per heavy atom. The molecule has 0 saturated carbocycles. The van der Waals surface area contributed by atoms with Gasteiger partial charge in [0.1, 0.15) is 17.3 Å². The van der Waals surface area contributed by atoms with Crippen LogP contribution in [0.3, 0.4) is 0 Å². The summed E-state index contributed by atoms with van der Waals surface area (Å²) in [4.78, 5) is 15.3. The van der Waals surface area contributed by atoms with Crippen molar-refractivity contribution in [3.05, 3.63) is 52.8 Å². The third-order valence-electron chi connectivity index (χ3n) is 5.58. The summed E-state index contributed by atoms with van der Waals surface area (Å²) in [5, 5.41) is 9.37. The molecule has 0 amide bonds. The first kappa shape index (κ1) is 24.9. The SMILES string of the molecule is CCCCCOc1ccc(Cn2c(C)nc3cc(OCCCCCC(=O)O)ccc32)c(Cl)c1. The number of unbranched alkanes of at least 4 members (excludes halogenated alkanes) is 4. The molecular formula is C26H33ClN2O4. The number of hydrogen-bond donors (Lipinski definition) is 1. The summed E-state index contributed by atoms with van der Waals surface area (Å²) >= 11 is 6.56. The number of carboxylic acids is 1. The lowest BCUT2D eigenvalue weighted by Crippen LogP contribution is -2.03. The van der Waals surface area contributed by atoms with Gasteiger partial charge < -0.3 is 19.1 Å². The maximum absolute atomic E-state index is 10.6. The van der Waals surface area contributed by atoms with Crippen molar-refractivity contribution in [1.82, 2.24) is 9.55 Å². The van der Waals surface area contributed by atoms with E-state index in [-0.39, 0.29) is 6.42 Å². The second-order valence-corrected chi connectivity index (χ2v) is 8.66. The summed E-state index contributed by atoms with van der Waals surface area (Å²) in [6.07, 6.45) is 5.94. The number of rotatable bonds is 14. The van der Waals surface area contributed by atoms with Gasteiger partial charge in [-0.05, 0) is 62.4 Å². The number of aliphatic carboxylic acids is 1. The first-order valence-electron chi connectivity index (χ1n) is 11.7. The van der Waals surface area contributed by atoms with Gasteiger partial charge in [0.05, 0.1) is 30.8 Å². The molecule has 0 saturated heterocycles. The third kappa shape index (κ3) is 7.39. The van der Waals surface area contributed by atoms with E-state index >= 15 is 0 Å². The highest BCUT2D eigenvalue weighted by molar-refractivity contribution is 6.31. The molecule has 1 aromatic heterocycles. The molecular weight excluding hydrogens is 440 g/mol. The molecule has 0 bridgehead atoms. The Balaban J connectivity index is 1.61. The lowest BCUT2D eigenvalue weighted by atomic mass is 10.2. The van der Waals surface area contributed by atoms with Crippen LogP contribution in [0.1, 0.15) is 63.3 Å². The van der Waals surface area contributed by atoms with Crippen molar-refractivity contribution in [2.75, 3.05) is 13.2 Å². The maximum atomic E-state index is 10.6. The number of carboxylic acid groups (broad SMARTS) is 1. The number of aryl methyl sites for hydroxylation is 1. The summed E-state index contributed by atoms with van der Waals surface area (Å²) in [6.45, 7) is 6.06. The van der Waals surface area contributed by atoms with E-state index in [1.165, 1.54) is 12.8 Å². The van der Waals surface area contributed by atoms with Crippen molar-refractivity contribution in [3.63, 3.8) is 0 Å². The van der Waals surface area contributed by atoms with E-state index in [0.29, 0.717) is 31.2 Å². The molecule has 0 unspecified atom stereocenters. The zero-order valence-electron chi connectivity index (χ0n) is 19.5. The van der Waals surface area contributed by atoms with Crippen LogP contribution in [0.4, 0.5) is 0 Å². The fourth-order valence-electron chi connectivity index (χ4n) is 3.72. The van der Waals surface area contributed by atoms with Crippen LogP contribution in [0.25, 0.3) is 11.0 Å². The minimum absolute atomic E-state index is 0.210. The van der Waals surface area contributed by atoms with Gasteiger partial charge in [-0.3, -0.25) is 4.79 Å². The summed E-state index contributed by atoms with van der Waals surface area (Å²) < 4.78 is 13.8. The highest BCUT2D eigenvalue weighted by Crippen LogP contribution is 2.27. The lowest BCUT2D eigenvalue weighted by Gasteiger charge is -2.12. The Bertz CT molecular complexity index is 1060. The highest BCUT2D eigenvalue weighted by atomic mass is 35.5. The van der Waals surface area contributed by atoms with Crippen molar-refractivity contribution in [3.8, 4) is 11.5 Å². The zero-order valence-corrected chi connectivity index (χ0v) is 20.2. The molecule has 6 nitrogen and oxygen atoms in total.